The molecule has 2 rings (SSSR count). The number of rotatable bonds is 2. The van der Waals surface area contributed by atoms with Gasteiger partial charge in [0, 0.05) is 0 Å². The van der Waals surface area contributed by atoms with Crippen molar-refractivity contribution in [1.29, 1.82) is 0 Å². The second kappa shape index (κ2) is 5.42. The van der Waals surface area contributed by atoms with Gasteiger partial charge in [-0.05, 0) is 55.3 Å². The van der Waals surface area contributed by atoms with Crippen LogP contribution in [0, 0.1) is 29.6 Å². The number of allylic oxidation sites excluding steroid dienone is 4. The third-order valence-corrected chi connectivity index (χ3v) is 4.87. The monoisotopic (exact) mass is 232 g/mol. The summed E-state index contributed by atoms with van der Waals surface area (Å²) in [6.45, 7) is 9.63. The normalized spacial score (nSPS) is 35.4. The Balaban J connectivity index is 2.28. The van der Waals surface area contributed by atoms with E-state index in [9.17, 15) is 0 Å². The third-order valence-electron chi connectivity index (χ3n) is 4.87. The first-order valence-corrected chi connectivity index (χ1v) is 7.48. The minimum atomic E-state index is 0.806. The van der Waals surface area contributed by atoms with Crippen molar-refractivity contribution < 1.29 is 0 Å². The predicted molar refractivity (Wildman–Crippen MR) is 75.8 cm³/mol. The second-order valence-electron chi connectivity index (χ2n) is 6.63. The zero-order valence-electron chi connectivity index (χ0n) is 11.9. The van der Waals surface area contributed by atoms with Crippen LogP contribution < -0.4 is 0 Å². The molecule has 0 nitrogen and oxygen atoms in total. The average molecular weight is 232 g/mol. The van der Waals surface area contributed by atoms with Crippen molar-refractivity contribution in [1.82, 2.24) is 0 Å². The van der Waals surface area contributed by atoms with Crippen LogP contribution in [-0.2, 0) is 0 Å². The fraction of sp³-hybridized carbons (Fsp3) is 0.765. The summed E-state index contributed by atoms with van der Waals surface area (Å²) >= 11 is 0. The van der Waals surface area contributed by atoms with Crippen molar-refractivity contribution in [3.63, 3.8) is 0 Å². The lowest BCUT2D eigenvalue weighted by Gasteiger charge is -2.24. The SMILES string of the molecule is CC(C)C1CC(C(C)C)C2CCC/C=C\C=C12. The van der Waals surface area contributed by atoms with Crippen molar-refractivity contribution in [2.75, 3.05) is 0 Å². The smallest absolute Gasteiger partial charge is 0.0166 e. The van der Waals surface area contributed by atoms with Crippen LogP contribution >= 0.6 is 0 Å². The molecular formula is C17H28. The van der Waals surface area contributed by atoms with Gasteiger partial charge in [-0.2, -0.15) is 0 Å². The van der Waals surface area contributed by atoms with Gasteiger partial charge in [-0.1, -0.05) is 51.5 Å². The van der Waals surface area contributed by atoms with Gasteiger partial charge in [0.25, 0.3) is 0 Å². The fourth-order valence-corrected chi connectivity index (χ4v) is 3.87. The Kier molecular flexibility index (Phi) is 4.12. The molecule has 0 heteroatoms. The van der Waals surface area contributed by atoms with E-state index < -0.39 is 0 Å². The standard InChI is InChI=1S/C17H28/c1-12(2)16-11-17(13(3)4)15-10-8-6-5-7-9-14(15)16/h5,7,9,12-13,15-17H,6,8,10-11H2,1-4H3/b7-5-,14-9?. The molecule has 0 aromatic carbocycles. The van der Waals surface area contributed by atoms with Crippen LogP contribution in [0.2, 0.25) is 0 Å². The van der Waals surface area contributed by atoms with E-state index >= 15 is 0 Å². The molecule has 0 spiro atoms. The van der Waals surface area contributed by atoms with E-state index in [1.54, 1.807) is 5.57 Å². The molecule has 1 saturated carbocycles. The quantitative estimate of drug-likeness (QED) is 0.612. The van der Waals surface area contributed by atoms with Crippen molar-refractivity contribution in [3.8, 4) is 0 Å². The molecule has 2 aliphatic carbocycles. The van der Waals surface area contributed by atoms with Crippen LogP contribution in [-0.4, -0.2) is 0 Å². The molecule has 17 heavy (non-hydrogen) atoms. The number of hydrogen-bond acceptors (Lipinski definition) is 0. The molecule has 2 aliphatic rings. The Labute approximate surface area is 107 Å². The lowest BCUT2D eigenvalue weighted by Crippen LogP contribution is -2.15. The van der Waals surface area contributed by atoms with Crippen molar-refractivity contribution in [2.24, 2.45) is 29.6 Å². The van der Waals surface area contributed by atoms with Crippen LogP contribution in [0.15, 0.2) is 23.8 Å². The van der Waals surface area contributed by atoms with Crippen molar-refractivity contribution in [3.05, 3.63) is 23.8 Å². The third kappa shape index (κ3) is 2.67. The van der Waals surface area contributed by atoms with Gasteiger partial charge < -0.3 is 0 Å². The highest BCUT2D eigenvalue weighted by atomic mass is 14.4. The van der Waals surface area contributed by atoms with Crippen molar-refractivity contribution in [2.45, 2.75) is 53.4 Å². The van der Waals surface area contributed by atoms with Gasteiger partial charge in [0.05, 0.1) is 0 Å². The average Bonchev–Trinajstić information content (AvgIpc) is 2.55. The highest BCUT2D eigenvalue weighted by molar-refractivity contribution is 5.25. The van der Waals surface area contributed by atoms with Gasteiger partial charge in [-0.3, -0.25) is 0 Å². The van der Waals surface area contributed by atoms with Crippen LogP contribution in [0.4, 0.5) is 0 Å². The maximum Gasteiger partial charge on any atom is -0.0166 e. The van der Waals surface area contributed by atoms with Gasteiger partial charge in [0.2, 0.25) is 0 Å². The van der Waals surface area contributed by atoms with E-state index in [-0.39, 0.29) is 0 Å². The second-order valence-corrected chi connectivity index (χ2v) is 6.63. The van der Waals surface area contributed by atoms with E-state index in [0.29, 0.717) is 0 Å². The molecule has 1 fully saturated rings. The minimum absolute atomic E-state index is 0.806. The molecular weight excluding hydrogens is 204 g/mol. The topological polar surface area (TPSA) is 0 Å². The lowest BCUT2D eigenvalue weighted by atomic mass is 9.81. The molecule has 96 valence electrons. The van der Waals surface area contributed by atoms with E-state index in [2.05, 4.69) is 45.9 Å². The molecule has 0 saturated heterocycles. The van der Waals surface area contributed by atoms with E-state index in [1.165, 1.54) is 25.7 Å². The molecule has 0 heterocycles. The van der Waals surface area contributed by atoms with Crippen LogP contribution in [0.1, 0.15) is 53.4 Å². The van der Waals surface area contributed by atoms with Gasteiger partial charge in [0.1, 0.15) is 0 Å². The molecule has 0 radical (unpaired) electrons. The van der Waals surface area contributed by atoms with Gasteiger partial charge in [0.15, 0.2) is 0 Å². The van der Waals surface area contributed by atoms with Gasteiger partial charge in [-0.25, -0.2) is 0 Å². The highest BCUT2D eigenvalue weighted by Crippen LogP contribution is 2.49. The largest absolute Gasteiger partial charge is 0.0845 e. The fourth-order valence-electron chi connectivity index (χ4n) is 3.87. The first kappa shape index (κ1) is 12.9. The van der Waals surface area contributed by atoms with E-state index in [4.69, 9.17) is 0 Å². The summed E-state index contributed by atoms with van der Waals surface area (Å²) in [5.41, 5.74) is 1.77. The number of fused-ring (bicyclic) bond motifs is 1. The molecule has 0 aliphatic heterocycles. The summed E-state index contributed by atoms with van der Waals surface area (Å²) in [7, 11) is 0. The first-order chi connectivity index (χ1) is 8.11. The summed E-state index contributed by atoms with van der Waals surface area (Å²) in [5, 5.41) is 0. The summed E-state index contributed by atoms with van der Waals surface area (Å²) in [6.07, 6.45) is 12.6. The van der Waals surface area contributed by atoms with Gasteiger partial charge in [-0.15, -0.1) is 0 Å². The highest BCUT2D eigenvalue weighted by Gasteiger charge is 2.40. The molecule has 0 amide bonds. The van der Waals surface area contributed by atoms with Gasteiger partial charge >= 0.3 is 0 Å². The maximum absolute atomic E-state index is 2.46. The summed E-state index contributed by atoms with van der Waals surface area (Å²) in [6, 6.07) is 0. The maximum atomic E-state index is 2.46. The molecule has 0 aromatic heterocycles. The Hall–Kier alpha value is -0.520. The Morgan fingerprint density at radius 2 is 1.88 bits per heavy atom. The summed E-state index contributed by atoms with van der Waals surface area (Å²) < 4.78 is 0. The lowest BCUT2D eigenvalue weighted by molar-refractivity contribution is 0.285. The molecule has 0 N–H and O–H groups in total. The summed E-state index contributed by atoms with van der Waals surface area (Å²) in [5.74, 6) is 4.30. The van der Waals surface area contributed by atoms with Crippen LogP contribution in [0.5, 0.6) is 0 Å². The predicted octanol–water partition coefficient (Wildman–Crippen LogP) is 5.22. The van der Waals surface area contributed by atoms with Crippen LogP contribution in [0.3, 0.4) is 0 Å². The Morgan fingerprint density at radius 3 is 2.53 bits per heavy atom. The Morgan fingerprint density at radius 1 is 1.12 bits per heavy atom. The number of hydrogen-bond donors (Lipinski definition) is 0. The zero-order chi connectivity index (χ0) is 12.4. The van der Waals surface area contributed by atoms with E-state index in [0.717, 1.165) is 29.6 Å². The minimum Gasteiger partial charge on any atom is -0.0845 e. The molecule has 0 bridgehead atoms. The zero-order valence-corrected chi connectivity index (χ0v) is 11.9. The first-order valence-electron chi connectivity index (χ1n) is 7.48. The molecule has 3 unspecified atom stereocenters. The summed E-state index contributed by atoms with van der Waals surface area (Å²) in [4.78, 5) is 0. The van der Waals surface area contributed by atoms with Crippen LogP contribution in [0.25, 0.3) is 0 Å². The van der Waals surface area contributed by atoms with E-state index in [1.807, 2.05) is 0 Å². The van der Waals surface area contributed by atoms with Crippen molar-refractivity contribution >= 4 is 0 Å². The molecule has 3 atom stereocenters. The molecule has 0 aromatic rings. The Bertz CT molecular complexity index is 306.